The van der Waals surface area contributed by atoms with Gasteiger partial charge in [0, 0.05) is 19.3 Å². The van der Waals surface area contributed by atoms with Gasteiger partial charge in [0.2, 0.25) is 0 Å². The highest BCUT2D eigenvalue weighted by Gasteiger charge is 2.29. The Kier molecular flexibility index (Phi) is 60.9. The maximum Gasteiger partial charge on any atom is 0.472 e. The van der Waals surface area contributed by atoms with Gasteiger partial charge in [-0.1, -0.05) is 216 Å². The van der Waals surface area contributed by atoms with Crippen LogP contribution >= 0.6 is 15.6 Å². The number of aliphatic hydroxyl groups excluding tert-OH is 2. The van der Waals surface area contributed by atoms with E-state index in [1.54, 1.807) is 0 Å². The summed E-state index contributed by atoms with van der Waals surface area (Å²) in [6.07, 6.45) is 81.0. The number of allylic oxidation sites excluding steroid dienone is 30. The normalized spacial score (nSPS) is 15.4. The Balaban J connectivity index is 4.83. The number of carbonyl (C=O) groups excluding carboxylic acids is 3. The van der Waals surface area contributed by atoms with Crippen molar-refractivity contribution in [1.82, 2.24) is 0 Å². The molecule has 0 amide bonds. The maximum atomic E-state index is 12.9. The molecule has 4 N–H and O–H groups in total. The summed E-state index contributed by atoms with van der Waals surface area (Å²) >= 11 is 0. The number of hydrogen-bond acceptors (Lipinski definition) is 14. The van der Waals surface area contributed by atoms with Gasteiger partial charge >= 0.3 is 33.6 Å². The Labute approximate surface area is 547 Å². The van der Waals surface area contributed by atoms with Gasteiger partial charge in [-0.3, -0.25) is 32.5 Å². The van der Waals surface area contributed by atoms with Gasteiger partial charge in [-0.05, 0) is 148 Å². The van der Waals surface area contributed by atoms with E-state index in [9.17, 15) is 43.5 Å². The zero-order valence-corrected chi connectivity index (χ0v) is 57.0. The summed E-state index contributed by atoms with van der Waals surface area (Å²) in [5.41, 5.74) is 0. The summed E-state index contributed by atoms with van der Waals surface area (Å²) in [5, 5.41) is 20.5. The lowest BCUT2D eigenvalue weighted by Crippen LogP contribution is -2.30. The van der Waals surface area contributed by atoms with Crippen molar-refractivity contribution < 1.29 is 75.8 Å². The number of ether oxygens (including phenoxy) is 3. The van der Waals surface area contributed by atoms with E-state index in [-0.39, 0.29) is 19.3 Å². The van der Waals surface area contributed by atoms with Crippen LogP contribution in [-0.4, -0.2) is 95.9 Å². The zero-order chi connectivity index (χ0) is 66.7. The van der Waals surface area contributed by atoms with Gasteiger partial charge in [-0.2, -0.15) is 0 Å². The molecule has 5 unspecified atom stereocenters. The SMILES string of the molecule is CC/C=C\C/C=C\C/C=C\C/C=C\C/C=C\C/C=C\CCCCC(=O)OCC(O)COP(=O)(O)OCC(O)COP(=O)(O)OCC(COC(=O)CCC/C=C\C/C=C\C/C=C\C/C=C\C/C=C\CC)OC(=O)CCCCCC/C=C\C/C=C\C/C=C\C/C=C\CC. The fourth-order valence-corrected chi connectivity index (χ4v) is 9.24. The van der Waals surface area contributed by atoms with Crippen LogP contribution in [0.4, 0.5) is 0 Å². The van der Waals surface area contributed by atoms with Crippen molar-refractivity contribution in [2.24, 2.45) is 0 Å². The molecule has 0 aliphatic rings. The number of rotatable bonds is 60. The van der Waals surface area contributed by atoms with E-state index in [1.165, 1.54) is 0 Å². The minimum Gasteiger partial charge on any atom is -0.463 e. The molecule has 0 aromatic heterocycles. The molecule has 0 rings (SSSR count). The Morgan fingerprint density at radius 3 is 0.923 bits per heavy atom. The Hall–Kier alpha value is -5.35. The highest BCUT2D eigenvalue weighted by molar-refractivity contribution is 7.47. The van der Waals surface area contributed by atoms with Crippen molar-refractivity contribution in [3.63, 3.8) is 0 Å². The molecule has 0 heterocycles. The van der Waals surface area contributed by atoms with Gasteiger partial charge in [0.05, 0.1) is 26.4 Å². The first kappa shape index (κ1) is 85.7. The number of unbranched alkanes of at least 4 members (excludes halogenated alkanes) is 7. The largest absolute Gasteiger partial charge is 0.472 e. The summed E-state index contributed by atoms with van der Waals surface area (Å²) < 4.78 is 60.7. The fourth-order valence-electron chi connectivity index (χ4n) is 7.66. The molecule has 512 valence electrons. The lowest BCUT2D eigenvalue weighted by molar-refractivity contribution is -0.161. The van der Waals surface area contributed by atoms with E-state index in [0.717, 1.165) is 135 Å². The zero-order valence-electron chi connectivity index (χ0n) is 55.2. The molecule has 0 fully saturated rings. The summed E-state index contributed by atoms with van der Waals surface area (Å²) in [5.74, 6) is -1.73. The fraction of sp³-hybridized carbons (Fsp3) is 0.548. The summed E-state index contributed by atoms with van der Waals surface area (Å²) in [6, 6.07) is 0. The van der Waals surface area contributed by atoms with Crippen LogP contribution in [0.5, 0.6) is 0 Å². The second-order valence-corrected chi connectivity index (χ2v) is 24.0. The van der Waals surface area contributed by atoms with Crippen LogP contribution in [0.3, 0.4) is 0 Å². The third-order valence-electron chi connectivity index (χ3n) is 12.6. The number of phosphoric ester groups is 2. The van der Waals surface area contributed by atoms with Crippen molar-refractivity contribution >= 4 is 33.6 Å². The molecule has 0 aliphatic heterocycles. The van der Waals surface area contributed by atoms with Crippen molar-refractivity contribution in [3.8, 4) is 0 Å². The van der Waals surface area contributed by atoms with E-state index >= 15 is 0 Å². The van der Waals surface area contributed by atoms with E-state index in [4.69, 9.17) is 32.3 Å². The Morgan fingerprint density at radius 2 is 0.560 bits per heavy atom. The summed E-state index contributed by atoms with van der Waals surface area (Å²) in [6.45, 7) is 2.12. The predicted octanol–water partition coefficient (Wildman–Crippen LogP) is 18.3. The third-order valence-corrected chi connectivity index (χ3v) is 14.5. The van der Waals surface area contributed by atoms with Gasteiger partial charge in [0.25, 0.3) is 0 Å². The molecule has 5 atom stereocenters. The molecule has 0 saturated carbocycles. The predicted molar refractivity (Wildman–Crippen MR) is 371 cm³/mol. The van der Waals surface area contributed by atoms with Crippen LogP contribution in [-0.2, 0) is 55.8 Å². The van der Waals surface area contributed by atoms with Crippen LogP contribution in [0.1, 0.15) is 201 Å². The summed E-state index contributed by atoms with van der Waals surface area (Å²) in [4.78, 5) is 58.3. The van der Waals surface area contributed by atoms with Gasteiger partial charge in [-0.15, -0.1) is 0 Å². The second-order valence-electron chi connectivity index (χ2n) is 21.1. The monoisotopic (exact) mass is 1310 g/mol. The molecule has 0 radical (unpaired) electrons. The average Bonchev–Trinajstić information content (AvgIpc) is 3.74. The second kappa shape index (κ2) is 64.7. The van der Waals surface area contributed by atoms with E-state index in [1.807, 2.05) is 12.2 Å². The lowest BCUT2D eigenvalue weighted by atomic mass is 10.1. The first-order valence-corrected chi connectivity index (χ1v) is 36.1. The van der Waals surface area contributed by atoms with E-state index < -0.39 is 91.5 Å². The number of carbonyl (C=O) groups is 3. The first-order valence-electron chi connectivity index (χ1n) is 33.1. The van der Waals surface area contributed by atoms with Gasteiger partial charge < -0.3 is 34.2 Å². The van der Waals surface area contributed by atoms with Crippen LogP contribution in [0.2, 0.25) is 0 Å². The van der Waals surface area contributed by atoms with Crippen molar-refractivity contribution in [2.45, 2.75) is 219 Å². The third kappa shape index (κ3) is 65.9. The molecule has 16 nitrogen and oxygen atoms in total. The van der Waals surface area contributed by atoms with Crippen LogP contribution < -0.4 is 0 Å². The summed E-state index contributed by atoms with van der Waals surface area (Å²) in [7, 11) is -9.83. The van der Waals surface area contributed by atoms with Gasteiger partial charge in [0.15, 0.2) is 6.10 Å². The first-order chi connectivity index (χ1) is 44.2. The molecule has 0 aromatic carbocycles. The minimum atomic E-state index is -4.96. The molecule has 18 heteroatoms. The molecular formula is C73H114O16P2. The van der Waals surface area contributed by atoms with Crippen molar-refractivity contribution in [1.29, 1.82) is 0 Å². The number of aliphatic hydroxyl groups is 2. The molecule has 91 heavy (non-hydrogen) atoms. The number of esters is 3. The van der Waals surface area contributed by atoms with E-state index in [2.05, 4.69) is 191 Å². The lowest BCUT2D eigenvalue weighted by Gasteiger charge is -2.21. The van der Waals surface area contributed by atoms with Crippen LogP contribution in [0, 0.1) is 0 Å². The molecular weight excluding hydrogens is 1190 g/mol. The van der Waals surface area contributed by atoms with Gasteiger partial charge in [-0.25, -0.2) is 9.13 Å². The molecule has 0 spiro atoms. The molecule has 0 saturated heterocycles. The van der Waals surface area contributed by atoms with E-state index in [0.29, 0.717) is 25.7 Å². The van der Waals surface area contributed by atoms with Crippen LogP contribution in [0.25, 0.3) is 0 Å². The smallest absolute Gasteiger partial charge is 0.463 e. The van der Waals surface area contributed by atoms with Crippen molar-refractivity contribution in [2.75, 3.05) is 39.6 Å². The Morgan fingerprint density at radius 1 is 0.308 bits per heavy atom. The highest BCUT2D eigenvalue weighted by Crippen LogP contribution is 2.45. The maximum absolute atomic E-state index is 12.9. The molecule has 0 aromatic rings. The van der Waals surface area contributed by atoms with Gasteiger partial charge in [0.1, 0.15) is 25.4 Å². The van der Waals surface area contributed by atoms with Crippen LogP contribution in [0.15, 0.2) is 182 Å². The average molecular weight is 1310 g/mol. The topological polar surface area (TPSA) is 231 Å². The number of hydrogen-bond donors (Lipinski definition) is 4. The minimum absolute atomic E-state index is 0.0549. The number of phosphoric acid groups is 2. The Bertz CT molecular complexity index is 2390. The standard InChI is InChI=1S/C73H114O16P2/c1-4-7-10-13-16-19-22-25-28-31-32-33-34-37-39-41-44-47-50-53-56-59-71(76)83-62-68(74)63-85-90(79,80)86-64-69(75)65-87-91(81,82)88-67-70(89-73(78)61-58-55-52-49-46-43-40-36-30-27-24-21-18-15-12-9-6-3)66-84-72(77)60-57-54-51-48-45-42-38-35-29-26-23-20-17-14-11-8-5-2/h7-12,16-21,25-30,32-33,37-40,42-44,47-48,51,68-70,74-75H,4-6,13-15,22-24,31,34-36,41,45-46,49-50,52-67H2,1-3H3,(H,79,80)(H,81,82)/b10-7-,11-8-,12-9-,19-16-,20-17-,21-18-,28-25-,29-26-,30-27-,33-32-,39-37-,42-38-,43-40-,47-44-,51-48-. The molecule has 0 aliphatic carbocycles. The molecule has 0 bridgehead atoms. The van der Waals surface area contributed by atoms with Crippen molar-refractivity contribution in [3.05, 3.63) is 182 Å². The quantitative estimate of drug-likeness (QED) is 0.0146. The highest BCUT2D eigenvalue weighted by atomic mass is 31.2.